The number of ether oxygens (including phenoxy) is 2. The molecule has 0 fully saturated rings. The molecule has 3 aromatic rings. The normalized spacial score (nSPS) is 10.7. The van der Waals surface area contributed by atoms with E-state index in [0.29, 0.717) is 28.6 Å². The van der Waals surface area contributed by atoms with Crippen molar-refractivity contribution < 1.29 is 14.3 Å². The number of methoxy groups -OCH3 is 2. The molecule has 132 valence electrons. The van der Waals surface area contributed by atoms with Gasteiger partial charge in [-0.25, -0.2) is 0 Å². The van der Waals surface area contributed by atoms with Crippen molar-refractivity contribution >= 4 is 17.7 Å². The Kier molecular flexibility index (Phi) is 5.23. The number of benzene rings is 2. The SMILES string of the molecule is COc1ccc(C=CC(=O)Nc2ccccc2-c2nn[nH]n2)cc1OC. The van der Waals surface area contributed by atoms with Crippen molar-refractivity contribution in [2.45, 2.75) is 0 Å². The lowest BCUT2D eigenvalue weighted by atomic mass is 10.1. The average Bonchev–Trinajstić information content (AvgIpc) is 3.21. The number of nitrogens with zero attached hydrogens (tertiary/aromatic N) is 3. The van der Waals surface area contributed by atoms with Crippen molar-refractivity contribution in [3.8, 4) is 22.9 Å². The fourth-order valence-electron chi connectivity index (χ4n) is 2.37. The number of amides is 1. The fraction of sp³-hybridized carbons (Fsp3) is 0.111. The Morgan fingerprint density at radius 1 is 1.12 bits per heavy atom. The van der Waals surface area contributed by atoms with E-state index in [9.17, 15) is 4.79 Å². The van der Waals surface area contributed by atoms with Crippen LogP contribution in [-0.4, -0.2) is 40.8 Å². The summed E-state index contributed by atoms with van der Waals surface area (Å²) < 4.78 is 10.5. The molecule has 1 heterocycles. The Morgan fingerprint density at radius 3 is 2.65 bits per heavy atom. The van der Waals surface area contributed by atoms with Gasteiger partial charge in [0.15, 0.2) is 11.5 Å². The first-order chi connectivity index (χ1) is 12.7. The van der Waals surface area contributed by atoms with Crippen LogP contribution in [0.5, 0.6) is 11.5 Å². The topological polar surface area (TPSA) is 102 Å². The van der Waals surface area contributed by atoms with Gasteiger partial charge < -0.3 is 14.8 Å². The van der Waals surface area contributed by atoms with Gasteiger partial charge in [0.1, 0.15) is 0 Å². The molecule has 1 aromatic heterocycles. The lowest BCUT2D eigenvalue weighted by Gasteiger charge is -2.08. The van der Waals surface area contributed by atoms with E-state index in [1.54, 1.807) is 44.6 Å². The standard InChI is InChI=1S/C18H17N5O3/c1-25-15-9-7-12(11-16(15)26-2)8-10-17(24)19-14-6-4-3-5-13(14)18-20-22-23-21-18/h3-11H,1-2H3,(H,19,24)(H,20,21,22,23). The summed E-state index contributed by atoms with van der Waals surface area (Å²) in [4.78, 5) is 12.3. The van der Waals surface area contributed by atoms with Gasteiger partial charge in [0.05, 0.1) is 19.9 Å². The zero-order valence-electron chi connectivity index (χ0n) is 14.3. The summed E-state index contributed by atoms with van der Waals surface area (Å²) in [5.74, 6) is 1.35. The number of H-pyrrole nitrogens is 1. The molecule has 0 aliphatic rings. The lowest BCUT2D eigenvalue weighted by Crippen LogP contribution is -2.09. The zero-order valence-corrected chi connectivity index (χ0v) is 14.3. The van der Waals surface area contributed by atoms with Gasteiger partial charge in [-0.1, -0.05) is 18.2 Å². The highest BCUT2D eigenvalue weighted by Crippen LogP contribution is 2.28. The third kappa shape index (κ3) is 3.86. The van der Waals surface area contributed by atoms with Crippen LogP contribution in [0, 0.1) is 0 Å². The molecule has 0 radical (unpaired) electrons. The van der Waals surface area contributed by atoms with E-state index in [4.69, 9.17) is 9.47 Å². The second-order valence-corrected chi connectivity index (χ2v) is 5.22. The zero-order chi connectivity index (χ0) is 18.4. The molecule has 0 bridgehead atoms. The number of anilines is 1. The maximum Gasteiger partial charge on any atom is 0.248 e. The Morgan fingerprint density at radius 2 is 1.92 bits per heavy atom. The first-order valence-corrected chi connectivity index (χ1v) is 7.75. The van der Waals surface area contributed by atoms with Gasteiger partial charge in [0, 0.05) is 11.6 Å². The molecule has 2 aromatic carbocycles. The van der Waals surface area contributed by atoms with Crippen LogP contribution >= 0.6 is 0 Å². The van der Waals surface area contributed by atoms with Crippen LogP contribution in [0.25, 0.3) is 17.5 Å². The number of aromatic amines is 1. The van der Waals surface area contributed by atoms with Crippen LogP contribution in [0.15, 0.2) is 48.5 Å². The van der Waals surface area contributed by atoms with Crippen molar-refractivity contribution in [1.29, 1.82) is 0 Å². The van der Waals surface area contributed by atoms with E-state index in [2.05, 4.69) is 25.9 Å². The summed E-state index contributed by atoms with van der Waals surface area (Å²) in [6, 6.07) is 12.6. The molecule has 8 nitrogen and oxygen atoms in total. The van der Waals surface area contributed by atoms with Gasteiger partial charge in [-0.2, -0.15) is 5.21 Å². The van der Waals surface area contributed by atoms with Crippen molar-refractivity contribution in [3.05, 3.63) is 54.1 Å². The minimum atomic E-state index is -0.282. The van der Waals surface area contributed by atoms with Crippen molar-refractivity contribution in [2.75, 3.05) is 19.5 Å². The number of aromatic nitrogens is 4. The second-order valence-electron chi connectivity index (χ2n) is 5.22. The quantitative estimate of drug-likeness (QED) is 0.662. The summed E-state index contributed by atoms with van der Waals surface area (Å²) in [7, 11) is 3.13. The lowest BCUT2D eigenvalue weighted by molar-refractivity contribution is -0.111. The molecule has 0 unspecified atom stereocenters. The van der Waals surface area contributed by atoms with Crippen molar-refractivity contribution in [3.63, 3.8) is 0 Å². The fourth-order valence-corrected chi connectivity index (χ4v) is 2.37. The smallest absolute Gasteiger partial charge is 0.248 e. The molecule has 26 heavy (non-hydrogen) atoms. The van der Waals surface area contributed by atoms with Crippen LogP contribution in [0.4, 0.5) is 5.69 Å². The van der Waals surface area contributed by atoms with Crippen molar-refractivity contribution in [1.82, 2.24) is 20.6 Å². The first kappa shape index (κ1) is 17.2. The summed E-state index contributed by atoms with van der Waals surface area (Å²) in [5.41, 5.74) is 2.08. The number of para-hydroxylation sites is 1. The number of rotatable bonds is 6. The Labute approximate surface area is 149 Å². The number of carbonyl (C=O) groups is 1. The van der Waals surface area contributed by atoms with Gasteiger partial charge in [0.25, 0.3) is 0 Å². The number of tetrazole rings is 1. The largest absolute Gasteiger partial charge is 0.493 e. The van der Waals surface area contributed by atoms with Gasteiger partial charge in [0.2, 0.25) is 11.7 Å². The number of hydrogen-bond acceptors (Lipinski definition) is 6. The van der Waals surface area contributed by atoms with Crippen LogP contribution in [0.2, 0.25) is 0 Å². The van der Waals surface area contributed by atoms with Crippen LogP contribution in [-0.2, 0) is 4.79 Å². The molecule has 0 aliphatic heterocycles. The molecule has 0 saturated carbocycles. The van der Waals surface area contributed by atoms with Gasteiger partial charge in [-0.15, -0.1) is 10.2 Å². The van der Waals surface area contributed by atoms with E-state index in [1.807, 2.05) is 18.2 Å². The van der Waals surface area contributed by atoms with E-state index in [1.165, 1.54) is 6.08 Å². The Balaban J connectivity index is 1.75. The molecule has 2 N–H and O–H groups in total. The molecule has 0 spiro atoms. The molecule has 0 atom stereocenters. The maximum atomic E-state index is 12.3. The summed E-state index contributed by atoms with van der Waals surface area (Å²) >= 11 is 0. The first-order valence-electron chi connectivity index (χ1n) is 7.75. The average molecular weight is 351 g/mol. The third-order valence-corrected chi connectivity index (χ3v) is 3.61. The highest BCUT2D eigenvalue weighted by atomic mass is 16.5. The minimum Gasteiger partial charge on any atom is -0.493 e. The number of hydrogen-bond donors (Lipinski definition) is 2. The summed E-state index contributed by atoms with van der Waals surface area (Å²) in [5, 5.41) is 16.6. The maximum absolute atomic E-state index is 12.3. The van der Waals surface area contributed by atoms with E-state index in [0.717, 1.165) is 5.56 Å². The summed E-state index contributed by atoms with van der Waals surface area (Å²) in [6.07, 6.45) is 3.13. The molecular weight excluding hydrogens is 334 g/mol. The highest BCUT2D eigenvalue weighted by molar-refractivity contribution is 6.03. The van der Waals surface area contributed by atoms with Gasteiger partial charge in [-0.3, -0.25) is 4.79 Å². The Bertz CT molecular complexity index is 922. The monoisotopic (exact) mass is 351 g/mol. The van der Waals surface area contributed by atoms with Gasteiger partial charge >= 0.3 is 0 Å². The molecule has 8 heteroatoms. The summed E-state index contributed by atoms with van der Waals surface area (Å²) in [6.45, 7) is 0. The molecule has 3 rings (SSSR count). The number of nitrogens with one attached hydrogen (secondary N) is 2. The molecule has 0 aliphatic carbocycles. The van der Waals surface area contributed by atoms with Crippen LogP contribution in [0.3, 0.4) is 0 Å². The second kappa shape index (κ2) is 7.93. The number of carbonyl (C=O) groups excluding carboxylic acids is 1. The van der Waals surface area contributed by atoms with Gasteiger partial charge in [-0.05, 0) is 41.1 Å². The van der Waals surface area contributed by atoms with E-state index >= 15 is 0 Å². The molecule has 1 amide bonds. The Hall–Kier alpha value is -3.68. The van der Waals surface area contributed by atoms with E-state index in [-0.39, 0.29) is 5.91 Å². The minimum absolute atomic E-state index is 0.282. The van der Waals surface area contributed by atoms with Crippen molar-refractivity contribution in [2.24, 2.45) is 0 Å². The predicted octanol–water partition coefficient (Wildman–Crippen LogP) is 2.54. The predicted molar refractivity (Wildman–Crippen MR) is 96.8 cm³/mol. The molecule has 0 saturated heterocycles. The van der Waals surface area contributed by atoms with Crippen LogP contribution < -0.4 is 14.8 Å². The van der Waals surface area contributed by atoms with E-state index < -0.39 is 0 Å². The highest BCUT2D eigenvalue weighted by Gasteiger charge is 2.10. The molecular formula is C18H17N5O3. The van der Waals surface area contributed by atoms with Crippen LogP contribution in [0.1, 0.15) is 5.56 Å². The third-order valence-electron chi connectivity index (χ3n) is 3.61.